The summed E-state index contributed by atoms with van der Waals surface area (Å²) in [7, 11) is 3.35. The Balaban J connectivity index is 0.00000288. The monoisotopic (exact) mass is 461 g/mol. The number of hydrogen-bond donors (Lipinski definition) is 2. The molecule has 0 saturated carbocycles. The van der Waals surface area contributed by atoms with Gasteiger partial charge < -0.3 is 15.4 Å². The lowest BCUT2D eigenvalue weighted by Crippen LogP contribution is -2.37. The van der Waals surface area contributed by atoms with Crippen molar-refractivity contribution in [3.8, 4) is 5.88 Å². The van der Waals surface area contributed by atoms with Crippen molar-refractivity contribution in [1.82, 2.24) is 20.6 Å². The Hall–Kier alpha value is -1.61. The summed E-state index contributed by atoms with van der Waals surface area (Å²) in [4.78, 5) is 12.4. The molecule has 0 aromatic carbocycles. The first-order valence-corrected chi connectivity index (χ1v) is 7.63. The van der Waals surface area contributed by atoms with E-state index in [9.17, 15) is 0 Å². The third kappa shape index (κ3) is 6.48. The van der Waals surface area contributed by atoms with E-state index in [0.717, 1.165) is 30.1 Å². The number of nitrogens with zero attached hydrogens (tertiary/aromatic N) is 3. The van der Waals surface area contributed by atoms with E-state index in [1.165, 1.54) is 0 Å². The van der Waals surface area contributed by atoms with Crippen LogP contribution in [0, 0.1) is 0 Å². The zero-order valence-electron chi connectivity index (χ0n) is 13.6. The van der Waals surface area contributed by atoms with Crippen molar-refractivity contribution in [3.63, 3.8) is 0 Å². The first kappa shape index (κ1) is 20.4. The summed E-state index contributed by atoms with van der Waals surface area (Å²) >= 11 is 5.77. The van der Waals surface area contributed by atoms with Crippen LogP contribution in [0.15, 0.2) is 41.7 Å². The second kappa shape index (κ2) is 11.0. The van der Waals surface area contributed by atoms with Crippen LogP contribution in [0.2, 0.25) is 5.15 Å². The van der Waals surface area contributed by atoms with Crippen LogP contribution in [0.1, 0.15) is 11.1 Å². The van der Waals surface area contributed by atoms with Gasteiger partial charge >= 0.3 is 0 Å². The Kier molecular flexibility index (Phi) is 9.39. The van der Waals surface area contributed by atoms with Crippen LogP contribution in [0.25, 0.3) is 0 Å². The van der Waals surface area contributed by atoms with Crippen LogP contribution in [0.3, 0.4) is 0 Å². The van der Waals surface area contributed by atoms with Crippen molar-refractivity contribution in [2.75, 3.05) is 20.7 Å². The zero-order chi connectivity index (χ0) is 16.5. The summed E-state index contributed by atoms with van der Waals surface area (Å²) in [5.41, 5.74) is 2.09. The van der Waals surface area contributed by atoms with E-state index >= 15 is 0 Å². The molecule has 0 amide bonds. The normalized spacial score (nSPS) is 10.7. The molecule has 0 spiro atoms. The quantitative estimate of drug-likeness (QED) is 0.300. The predicted molar refractivity (Wildman–Crippen MR) is 107 cm³/mol. The molecule has 2 aromatic heterocycles. The fourth-order valence-electron chi connectivity index (χ4n) is 2.02. The largest absolute Gasteiger partial charge is 0.481 e. The third-order valence-corrected chi connectivity index (χ3v) is 3.43. The van der Waals surface area contributed by atoms with Gasteiger partial charge in [-0.2, -0.15) is 0 Å². The lowest BCUT2D eigenvalue weighted by molar-refractivity contribution is 0.392. The molecular weight excluding hydrogens is 441 g/mol. The van der Waals surface area contributed by atoms with Crippen LogP contribution in [-0.2, 0) is 13.0 Å². The van der Waals surface area contributed by atoms with E-state index in [1.807, 2.05) is 18.2 Å². The van der Waals surface area contributed by atoms with E-state index in [-0.39, 0.29) is 24.0 Å². The van der Waals surface area contributed by atoms with Gasteiger partial charge in [0.05, 0.1) is 7.11 Å². The van der Waals surface area contributed by atoms with Crippen molar-refractivity contribution in [2.24, 2.45) is 4.99 Å². The number of pyridine rings is 2. The molecule has 2 N–H and O–H groups in total. The average Bonchev–Trinajstić information content (AvgIpc) is 2.59. The van der Waals surface area contributed by atoms with Crippen molar-refractivity contribution >= 4 is 41.5 Å². The Labute approximate surface area is 164 Å². The van der Waals surface area contributed by atoms with Crippen LogP contribution in [-0.4, -0.2) is 36.6 Å². The number of methoxy groups -OCH3 is 1. The maximum Gasteiger partial charge on any atom is 0.218 e. The Morgan fingerprint density at radius 1 is 1.25 bits per heavy atom. The average molecular weight is 462 g/mol. The second-order valence-electron chi connectivity index (χ2n) is 4.76. The van der Waals surface area contributed by atoms with Crippen LogP contribution in [0.5, 0.6) is 5.88 Å². The summed E-state index contributed by atoms with van der Waals surface area (Å²) in [6.45, 7) is 1.33. The van der Waals surface area contributed by atoms with E-state index in [4.69, 9.17) is 16.3 Å². The van der Waals surface area contributed by atoms with Gasteiger partial charge in [-0.25, -0.2) is 9.97 Å². The minimum atomic E-state index is 0. The number of nitrogens with one attached hydrogen (secondary N) is 2. The summed E-state index contributed by atoms with van der Waals surface area (Å²) < 4.78 is 5.23. The summed E-state index contributed by atoms with van der Waals surface area (Å²) in [5.74, 6) is 1.33. The standard InChI is InChI=1S/C16H20ClN5O.HI/c1-18-16(20-9-7-12-5-6-14(17)21-10-12)22-11-13-4-3-8-19-15(13)23-2;/h3-6,8,10H,7,9,11H2,1-2H3,(H2,18,20,22);1H. The Morgan fingerprint density at radius 3 is 2.75 bits per heavy atom. The molecular formula is C16H21ClIN5O. The SMILES string of the molecule is CN=C(NCCc1ccc(Cl)nc1)NCc1cccnc1OC.I. The van der Waals surface area contributed by atoms with E-state index in [2.05, 4.69) is 25.6 Å². The summed E-state index contributed by atoms with van der Waals surface area (Å²) in [6.07, 6.45) is 4.32. The molecule has 24 heavy (non-hydrogen) atoms. The van der Waals surface area contributed by atoms with Crippen LogP contribution in [0.4, 0.5) is 0 Å². The van der Waals surface area contributed by atoms with Gasteiger partial charge in [-0.1, -0.05) is 23.7 Å². The molecule has 0 atom stereocenters. The highest BCUT2D eigenvalue weighted by Gasteiger charge is 2.04. The molecule has 0 aliphatic heterocycles. The highest BCUT2D eigenvalue weighted by Crippen LogP contribution is 2.12. The maximum atomic E-state index is 5.77. The van der Waals surface area contributed by atoms with Crippen LogP contribution >= 0.6 is 35.6 Å². The number of aliphatic imine (C=N–C) groups is 1. The molecule has 8 heteroatoms. The van der Waals surface area contributed by atoms with Gasteiger partial charge in [-0.3, -0.25) is 4.99 Å². The first-order valence-electron chi connectivity index (χ1n) is 7.25. The first-order chi connectivity index (χ1) is 11.2. The number of ether oxygens (including phenoxy) is 1. The molecule has 0 aliphatic rings. The third-order valence-electron chi connectivity index (χ3n) is 3.21. The van der Waals surface area contributed by atoms with Gasteiger partial charge in [-0.15, -0.1) is 24.0 Å². The molecule has 0 saturated heterocycles. The number of aromatic nitrogens is 2. The van der Waals surface area contributed by atoms with Gasteiger partial charge in [0, 0.05) is 38.1 Å². The number of guanidine groups is 1. The van der Waals surface area contributed by atoms with Gasteiger partial charge in [0.1, 0.15) is 5.15 Å². The van der Waals surface area contributed by atoms with E-state index in [1.54, 1.807) is 32.6 Å². The lowest BCUT2D eigenvalue weighted by Gasteiger charge is -2.13. The molecule has 2 aromatic rings. The van der Waals surface area contributed by atoms with Crippen molar-refractivity contribution in [3.05, 3.63) is 52.9 Å². The highest BCUT2D eigenvalue weighted by atomic mass is 127. The smallest absolute Gasteiger partial charge is 0.218 e. The summed E-state index contributed by atoms with van der Waals surface area (Å²) in [5, 5.41) is 7.00. The van der Waals surface area contributed by atoms with Crippen LogP contribution < -0.4 is 15.4 Å². The van der Waals surface area contributed by atoms with Gasteiger partial charge in [0.25, 0.3) is 0 Å². The van der Waals surface area contributed by atoms with Gasteiger partial charge in [0.15, 0.2) is 5.96 Å². The topological polar surface area (TPSA) is 71.4 Å². The molecule has 6 nitrogen and oxygen atoms in total. The minimum absolute atomic E-state index is 0. The fraction of sp³-hybridized carbons (Fsp3) is 0.312. The molecule has 0 radical (unpaired) electrons. The predicted octanol–water partition coefficient (Wildman–Crippen LogP) is 2.66. The Bertz CT molecular complexity index is 651. The molecule has 0 fully saturated rings. The zero-order valence-corrected chi connectivity index (χ0v) is 16.7. The van der Waals surface area contributed by atoms with Gasteiger partial charge in [-0.05, 0) is 24.1 Å². The van der Waals surface area contributed by atoms with Gasteiger partial charge in [0.2, 0.25) is 5.88 Å². The number of rotatable bonds is 6. The highest BCUT2D eigenvalue weighted by molar-refractivity contribution is 14.0. The molecule has 0 bridgehead atoms. The molecule has 2 heterocycles. The molecule has 0 unspecified atom stereocenters. The molecule has 2 rings (SSSR count). The van der Waals surface area contributed by atoms with E-state index < -0.39 is 0 Å². The molecule has 130 valence electrons. The molecule has 0 aliphatic carbocycles. The van der Waals surface area contributed by atoms with Crippen molar-refractivity contribution < 1.29 is 4.74 Å². The lowest BCUT2D eigenvalue weighted by atomic mass is 10.2. The number of hydrogen-bond acceptors (Lipinski definition) is 4. The maximum absolute atomic E-state index is 5.77. The van der Waals surface area contributed by atoms with E-state index in [0.29, 0.717) is 17.6 Å². The van der Waals surface area contributed by atoms with Crippen molar-refractivity contribution in [1.29, 1.82) is 0 Å². The minimum Gasteiger partial charge on any atom is -0.481 e. The Morgan fingerprint density at radius 2 is 2.08 bits per heavy atom. The fourth-order valence-corrected chi connectivity index (χ4v) is 2.13. The number of halogens is 2. The van der Waals surface area contributed by atoms with Crippen molar-refractivity contribution in [2.45, 2.75) is 13.0 Å². The second-order valence-corrected chi connectivity index (χ2v) is 5.15. The summed E-state index contributed by atoms with van der Waals surface area (Å²) in [6, 6.07) is 7.60.